The summed E-state index contributed by atoms with van der Waals surface area (Å²) in [6, 6.07) is 0. The predicted octanol–water partition coefficient (Wildman–Crippen LogP) is 3.04. The lowest BCUT2D eigenvalue weighted by Gasteiger charge is -2.22. The number of rotatable bonds is 1. The lowest BCUT2D eigenvalue weighted by atomic mass is 9.92. The third kappa shape index (κ3) is 2.98. The van der Waals surface area contributed by atoms with Gasteiger partial charge in [0, 0.05) is 0 Å². The van der Waals surface area contributed by atoms with Gasteiger partial charge in [0.05, 0.1) is 5.60 Å². The molecule has 0 spiro atoms. The molecule has 0 bridgehead atoms. The highest BCUT2D eigenvalue weighted by Gasteiger charge is 2.24. The van der Waals surface area contributed by atoms with Gasteiger partial charge in [-0.25, -0.2) is 0 Å². The van der Waals surface area contributed by atoms with Gasteiger partial charge in [-0.1, -0.05) is 37.3 Å². The van der Waals surface area contributed by atoms with E-state index in [4.69, 9.17) is 0 Å². The molecule has 0 radical (unpaired) electrons. The first kappa shape index (κ1) is 9.79. The molecule has 0 atom stereocenters. The Labute approximate surface area is 75.5 Å². The molecule has 12 heavy (non-hydrogen) atoms. The summed E-state index contributed by atoms with van der Waals surface area (Å²) >= 11 is 0. The van der Waals surface area contributed by atoms with Gasteiger partial charge in [-0.15, -0.1) is 0 Å². The van der Waals surface area contributed by atoms with Crippen molar-refractivity contribution in [3.63, 3.8) is 0 Å². The summed E-state index contributed by atoms with van der Waals surface area (Å²) in [5, 5.41) is 10.1. The number of aliphatic hydroxyl groups is 1. The smallest absolute Gasteiger partial charge is 0.0830 e. The number of allylic oxidation sites excluding steroid dienone is 1. The van der Waals surface area contributed by atoms with Crippen LogP contribution in [0.25, 0.3) is 0 Å². The van der Waals surface area contributed by atoms with Crippen LogP contribution in [-0.4, -0.2) is 10.7 Å². The van der Waals surface area contributed by atoms with Gasteiger partial charge < -0.3 is 5.11 Å². The summed E-state index contributed by atoms with van der Waals surface area (Å²) in [4.78, 5) is 0. The molecule has 0 saturated heterocycles. The molecule has 0 heterocycles. The fourth-order valence-corrected chi connectivity index (χ4v) is 2.02. The zero-order valence-corrected chi connectivity index (χ0v) is 8.27. The molecule has 0 unspecified atom stereocenters. The van der Waals surface area contributed by atoms with Crippen LogP contribution in [0.1, 0.15) is 52.4 Å². The second-order valence-electron chi connectivity index (χ2n) is 4.24. The van der Waals surface area contributed by atoms with Crippen molar-refractivity contribution in [2.24, 2.45) is 0 Å². The van der Waals surface area contributed by atoms with Gasteiger partial charge in [-0.2, -0.15) is 0 Å². The minimum Gasteiger partial charge on any atom is -0.386 e. The van der Waals surface area contributed by atoms with Crippen LogP contribution in [-0.2, 0) is 0 Å². The van der Waals surface area contributed by atoms with Crippen LogP contribution in [0.4, 0.5) is 0 Å². The molecule has 0 aromatic carbocycles. The molecular formula is C11H20O. The molecule has 1 nitrogen and oxygen atoms in total. The molecule has 70 valence electrons. The van der Waals surface area contributed by atoms with E-state index in [1.54, 1.807) is 0 Å². The molecule has 0 aromatic rings. The maximum Gasteiger partial charge on any atom is 0.0830 e. The fourth-order valence-electron chi connectivity index (χ4n) is 2.02. The first-order valence-electron chi connectivity index (χ1n) is 5.01. The average molecular weight is 168 g/mol. The Hall–Kier alpha value is -0.300. The van der Waals surface area contributed by atoms with E-state index < -0.39 is 5.60 Å². The van der Waals surface area contributed by atoms with Crippen LogP contribution in [0.15, 0.2) is 11.6 Å². The van der Waals surface area contributed by atoms with E-state index in [0.29, 0.717) is 0 Å². The lowest BCUT2D eigenvalue weighted by molar-refractivity contribution is 0.0739. The molecule has 0 aromatic heterocycles. The first-order valence-corrected chi connectivity index (χ1v) is 5.01. The van der Waals surface area contributed by atoms with Gasteiger partial charge in [-0.05, 0) is 26.7 Å². The minimum atomic E-state index is -0.477. The second kappa shape index (κ2) is 4.08. The normalized spacial score (nSPS) is 22.9. The van der Waals surface area contributed by atoms with E-state index in [0.717, 1.165) is 12.8 Å². The summed E-state index contributed by atoms with van der Waals surface area (Å²) in [6.45, 7) is 4.12. The van der Waals surface area contributed by atoms with Crippen LogP contribution in [0.5, 0.6) is 0 Å². The van der Waals surface area contributed by atoms with Crippen molar-refractivity contribution in [1.82, 2.24) is 0 Å². The van der Waals surface area contributed by atoms with Crippen LogP contribution >= 0.6 is 0 Å². The summed E-state index contributed by atoms with van der Waals surface area (Å²) in [5.41, 5.74) is 0.759. The Morgan fingerprint density at radius 1 is 1.08 bits per heavy atom. The van der Waals surface area contributed by atoms with Gasteiger partial charge in [0.25, 0.3) is 0 Å². The highest BCUT2D eigenvalue weighted by atomic mass is 16.3. The Balaban J connectivity index is 2.60. The molecule has 1 N–H and O–H groups in total. The zero-order chi connectivity index (χ0) is 9.03. The van der Waals surface area contributed by atoms with Crippen molar-refractivity contribution in [2.45, 2.75) is 58.0 Å². The minimum absolute atomic E-state index is 0.477. The Morgan fingerprint density at radius 2 is 1.58 bits per heavy atom. The van der Waals surface area contributed by atoms with Crippen molar-refractivity contribution in [2.75, 3.05) is 0 Å². The molecular weight excluding hydrogens is 148 g/mol. The molecule has 1 fully saturated rings. The molecule has 1 rings (SSSR count). The number of hydrogen-bond acceptors (Lipinski definition) is 1. The molecule has 1 saturated carbocycles. The van der Waals surface area contributed by atoms with Crippen molar-refractivity contribution in [3.8, 4) is 0 Å². The van der Waals surface area contributed by atoms with Crippen molar-refractivity contribution in [1.29, 1.82) is 0 Å². The van der Waals surface area contributed by atoms with E-state index in [1.807, 2.05) is 6.08 Å². The number of hydrogen-bond donors (Lipinski definition) is 1. The fraction of sp³-hybridized carbons (Fsp3) is 0.818. The molecule has 1 heteroatoms. The van der Waals surface area contributed by atoms with E-state index in [2.05, 4.69) is 13.8 Å². The Kier molecular flexibility index (Phi) is 3.33. The Bertz CT molecular complexity index is 158. The van der Waals surface area contributed by atoms with Crippen LogP contribution in [0.2, 0.25) is 0 Å². The molecule has 1 aliphatic rings. The van der Waals surface area contributed by atoms with E-state index in [-0.39, 0.29) is 0 Å². The lowest BCUT2D eigenvalue weighted by Crippen LogP contribution is -2.24. The van der Waals surface area contributed by atoms with Crippen LogP contribution < -0.4 is 0 Å². The van der Waals surface area contributed by atoms with Gasteiger partial charge in [-0.3, -0.25) is 0 Å². The summed E-state index contributed by atoms with van der Waals surface area (Å²) in [5.74, 6) is 0. The molecule has 1 aliphatic carbocycles. The third-order valence-corrected chi connectivity index (χ3v) is 2.53. The third-order valence-electron chi connectivity index (χ3n) is 2.53. The van der Waals surface area contributed by atoms with Crippen LogP contribution in [0, 0.1) is 0 Å². The van der Waals surface area contributed by atoms with Crippen LogP contribution in [0.3, 0.4) is 0 Å². The van der Waals surface area contributed by atoms with Crippen molar-refractivity contribution in [3.05, 3.63) is 11.6 Å². The maximum absolute atomic E-state index is 10.1. The highest BCUT2D eigenvalue weighted by molar-refractivity contribution is 5.07. The SMILES string of the molecule is CC(C)=CC1(O)CCCCCC1. The average Bonchev–Trinajstić information content (AvgIpc) is 2.12. The molecule has 0 amide bonds. The topological polar surface area (TPSA) is 20.2 Å². The second-order valence-corrected chi connectivity index (χ2v) is 4.24. The zero-order valence-electron chi connectivity index (χ0n) is 8.27. The molecule has 0 aliphatic heterocycles. The van der Waals surface area contributed by atoms with Crippen molar-refractivity contribution < 1.29 is 5.11 Å². The Morgan fingerprint density at radius 3 is 2.00 bits per heavy atom. The van der Waals surface area contributed by atoms with E-state index >= 15 is 0 Å². The highest BCUT2D eigenvalue weighted by Crippen LogP contribution is 2.28. The predicted molar refractivity (Wildman–Crippen MR) is 52.1 cm³/mol. The van der Waals surface area contributed by atoms with Crippen molar-refractivity contribution >= 4 is 0 Å². The van der Waals surface area contributed by atoms with Gasteiger partial charge in [0.15, 0.2) is 0 Å². The van der Waals surface area contributed by atoms with Gasteiger partial charge in [0.1, 0.15) is 0 Å². The quantitative estimate of drug-likeness (QED) is 0.471. The summed E-state index contributed by atoms with van der Waals surface area (Å²) < 4.78 is 0. The standard InChI is InChI=1S/C11H20O/c1-10(2)9-11(12)7-5-3-4-6-8-11/h9,12H,3-8H2,1-2H3. The van der Waals surface area contributed by atoms with Gasteiger partial charge >= 0.3 is 0 Å². The summed E-state index contributed by atoms with van der Waals surface area (Å²) in [7, 11) is 0. The largest absolute Gasteiger partial charge is 0.386 e. The van der Waals surface area contributed by atoms with E-state index in [9.17, 15) is 5.11 Å². The first-order chi connectivity index (χ1) is 5.62. The monoisotopic (exact) mass is 168 g/mol. The van der Waals surface area contributed by atoms with Gasteiger partial charge in [0.2, 0.25) is 0 Å². The van der Waals surface area contributed by atoms with E-state index in [1.165, 1.54) is 31.3 Å². The summed E-state index contributed by atoms with van der Waals surface area (Å²) in [6.07, 6.45) is 8.90. The maximum atomic E-state index is 10.1.